The molecule has 16 heteroatoms. The zero-order valence-corrected chi connectivity index (χ0v) is 24.1. The van der Waals surface area contributed by atoms with Crippen LogP contribution in [0, 0.1) is 13.8 Å². The highest BCUT2D eigenvalue weighted by atomic mass is 19.4. The maximum Gasteiger partial charge on any atom is 0.416 e. The summed E-state index contributed by atoms with van der Waals surface area (Å²) >= 11 is 0. The summed E-state index contributed by atoms with van der Waals surface area (Å²) in [5.74, 6) is -1.50. The van der Waals surface area contributed by atoms with Gasteiger partial charge in [-0.2, -0.15) is 26.3 Å². The van der Waals surface area contributed by atoms with E-state index < -0.39 is 35.4 Å². The van der Waals surface area contributed by atoms with Gasteiger partial charge in [0.1, 0.15) is 12.7 Å². The largest absolute Gasteiger partial charge is 0.478 e. The van der Waals surface area contributed by atoms with E-state index >= 15 is 0 Å². The van der Waals surface area contributed by atoms with E-state index in [0.717, 1.165) is 47.3 Å². The number of ether oxygens (including phenoxy) is 1. The molecule has 0 bridgehead atoms. The van der Waals surface area contributed by atoms with Crippen LogP contribution in [0.25, 0.3) is 35.2 Å². The first-order chi connectivity index (χ1) is 20.9. The summed E-state index contributed by atoms with van der Waals surface area (Å²) in [5, 5.41) is 16.4. The van der Waals surface area contributed by atoms with Gasteiger partial charge in [0.25, 0.3) is 0 Å². The monoisotopic (exact) mass is 636 g/mol. The predicted molar refractivity (Wildman–Crippen MR) is 150 cm³/mol. The molecule has 0 aliphatic rings. The maximum atomic E-state index is 12.9. The van der Waals surface area contributed by atoms with Crippen LogP contribution in [-0.4, -0.2) is 52.7 Å². The van der Waals surface area contributed by atoms with E-state index in [0.29, 0.717) is 11.1 Å². The second kappa shape index (κ2) is 14.0. The van der Waals surface area contributed by atoms with E-state index in [1.54, 1.807) is 33.8 Å². The van der Waals surface area contributed by atoms with Crippen LogP contribution >= 0.6 is 0 Å². The van der Waals surface area contributed by atoms with Crippen molar-refractivity contribution >= 4 is 24.3 Å². The van der Waals surface area contributed by atoms with Gasteiger partial charge in [-0.05, 0) is 75.2 Å². The number of alkyl halides is 6. The molecular formula is C29H26F6N6O4. The fourth-order valence-electron chi connectivity index (χ4n) is 3.66. The molecule has 0 atom stereocenters. The van der Waals surface area contributed by atoms with E-state index in [4.69, 9.17) is 9.84 Å². The van der Waals surface area contributed by atoms with Crippen LogP contribution in [0.4, 0.5) is 26.3 Å². The van der Waals surface area contributed by atoms with Crippen LogP contribution in [0.15, 0.2) is 61.2 Å². The lowest BCUT2D eigenvalue weighted by Gasteiger charge is -2.09. The Morgan fingerprint density at radius 1 is 0.756 bits per heavy atom. The zero-order chi connectivity index (χ0) is 33.5. The number of hydrogen-bond donors (Lipinski definition) is 1. The quantitative estimate of drug-likeness (QED) is 0.138. The molecule has 238 valence electrons. The lowest BCUT2D eigenvalue weighted by molar-refractivity contribution is -0.141. The summed E-state index contributed by atoms with van der Waals surface area (Å²) in [7, 11) is 0. The molecule has 0 amide bonds. The third-order valence-corrected chi connectivity index (χ3v) is 5.43. The Bertz CT molecular complexity index is 1720. The number of aliphatic carboxylic acids is 1. The molecule has 0 fully saturated rings. The van der Waals surface area contributed by atoms with E-state index in [-0.39, 0.29) is 28.9 Å². The molecule has 45 heavy (non-hydrogen) atoms. The Morgan fingerprint density at radius 2 is 1.18 bits per heavy atom. The normalized spacial score (nSPS) is 12.1. The lowest BCUT2D eigenvalue weighted by atomic mass is 10.1. The molecular weight excluding hydrogens is 610 g/mol. The first-order valence-electron chi connectivity index (χ1n) is 12.9. The first-order valence-corrected chi connectivity index (χ1v) is 12.9. The SMILES string of the molecule is Cc1cc(-c2ncn(/C=C\C(=O)O)n2)cc(C(F)(F)F)c1.Cc1cc(-c2ncn(/C=C\C(=O)OC(C)C)n2)cc(C(F)(F)F)c1. The molecule has 10 nitrogen and oxygen atoms in total. The van der Waals surface area contributed by atoms with Crippen LogP contribution in [0.2, 0.25) is 0 Å². The number of esters is 1. The molecule has 0 unspecified atom stereocenters. The Balaban J connectivity index is 0.000000248. The zero-order valence-electron chi connectivity index (χ0n) is 24.1. The number of aromatic nitrogens is 6. The first kappa shape index (κ1) is 34.2. The number of hydrogen-bond acceptors (Lipinski definition) is 7. The molecule has 2 heterocycles. The molecule has 0 radical (unpaired) electrons. The van der Waals surface area contributed by atoms with E-state index in [9.17, 15) is 35.9 Å². The molecule has 0 aliphatic carbocycles. The van der Waals surface area contributed by atoms with Crippen LogP contribution in [0.5, 0.6) is 0 Å². The number of benzene rings is 2. The number of aryl methyl sites for hydroxylation is 2. The molecule has 0 aliphatic heterocycles. The average molecular weight is 637 g/mol. The van der Waals surface area contributed by atoms with Crippen LogP contribution in [0.3, 0.4) is 0 Å². The topological polar surface area (TPSA) is 125 Å². The molecule has 0 spiro atoms. The Hall–Kier alpha value is -5.28. The van der Waals surface area contributed by atoms with E-state index in [2.05, 4.69) is 20.2 Å². The van der Waals surface area contributed by atoms with Crippen LogP contribution in [0.1, 0.15) is 36.1 Å². The minimum absolute atomic E-state index is 0.0826. The second-order valence-corrected chi connectivity index (χ2v) is 9.72. The van der Waals surface area contributed by atoms with Crippen molar-refractivity contribution in [2.24, 2.45) is 0 Å². The number of carbonyl (C=O) groups excluding carboxylic acids is 1. The van der Waals surface area contributed by atoms with Gasteiger partial charge in [0, 0.05) is 35.7 Å². The maximum absolute atomic E-state index is 12.9. The summed E-state index contributed by atoms with van der Waals surface area (Å²) in [5.41, 5.74) is -0.201. The van der Waals surface area contributed by atoms with Crippen molar-refractivity contribution in [2.75, 3.05) is 0 Å². The summed E-state index contributed by atoms with van der Waals surface area (Å²) < 4.78 is 84.1. The average Bonchev–Trinajstić information content (AvgIpc) is 3.59. The molecule has 2 aromatic heterocycles. The highest BCUT2D eigenvalue weighted by Crippen LogP contribution is 2.33. The highest BCUT2D eigenvalue weighted by molar-refractivity contribution is 5.85. The summed E-state index contributed by atoms with van der Waals surface area (Å²) in [6.07, 6.45) is -2.17. The van der Waals surface area contributed by atoms with Crippen molar-refractivity contribution in [3.05, 3.63) is 83.5 Å². The van der Waals surface area contributed by atoms with Crippen molar-refractivity contribution in [2.45, 2.75) is 46.2 Å². The van der Waals surface area contributed by atoms with Crippen LogP contribution < -0.4 is 0 Å². The van der Waals surface area contributed by atoms with Gasteiger partial charge in [-0.1, -0.05) is 0 Å². The number of nitrogens with zero attached hydrogens (tertiary/aromatic N) is 6. The summed E-state index contributed by atoms with van der Waals surface area (Å²) in [6, 6.07) is 7.12. The predicted octanol–water partition coefficient (Wildman–Crippen LogP) is 6.52. The van der Waals surface area contributed by atoms with Gasteiger partial charge in [0.05, 0.1) is 17.2 Å². The van der Waals surface area contributed by atoms with E-state index in [1.807, 2.05) is 0 Å². The van der Waals surface area contributed by atoms with Gasteiger partial charge in [-0.25, -0.2) is 28.9 Å². The number of halogens is 6. The minimum atomic E-state index is -4.45. The Kier molecular flexibility index (Phi) is 10.6. The van der Waals surface area contributed by atoms with Gasteiger partial charge in [-0.15, -0.1) is 10.2 Å². The van der Waals surface area contributed by atoms with Crippen LogP contribution in [-0.2, 0) is 26.7 Å². The fraction of sp³-hybridized carbons (Fsp3) is 0.241. The summed E-state index contributed by atoms with van der Waals surface area (Å²) in [6.45, 7) is 6.54. The number of carboxylic acids is 1. The second-order valence-electron chi connectivity index (χ2n) is 9.72. The Labute approximate surface area is 252 Å². The summed E-state index contributed by atoms with van der Waals surface area (Å²) in [4.78, 5) is 29.6. The molecule has 0 saturated heterocycles. The van der Waals surface area contributed by atoms with Crippen molar-refractivity contribution < 1.29 is 45.8 Å². The van der Waals surface area contributed by atoms with Gasteiger partial charge in [0.15, 0.2) is 11.6 Å². The Morgan fingerprint density at radius 3 is 1.56 bits per heavy atom. The van der Waals surface area contributed by atoms with Crippen molar-refractivity contribution in [1.82, 2.24) is 29.5 Å². The molecule has 1 N–H and O–H groups in total. The van der Waals surface area contributed by atoms with Crippen molar-refractivity contribution in [3.8, 4) is 22.8 Å². The van der Waals surface area contributed by atoms with E-state index in [1.165, 1.54) is 29.6 Å². The minimum Gasteiger partial charge on any atom is -0.478 e. The van der Waals surface area contributed by atoms with Gasteiger partial charge in [-0.3, -0.25) is 0 Å². The highest BCUT2D eigenvalue weighted by Gasteiger charge is 2.32. The number of carbonyl (C=O) groups is 2. The van der Waals surface area contributed by atoms with Crippen molar-refractivity contribution in [1.29, 1.82) is 0 Å². The van der Waals surface area contributed by atoms with Gasteiger partial charge < -0.3 is 9.84 Å². The molecule has 4 aromatic rings. The standard InChI is InChI=1S/C16H16F3N3O2.C13H10F3N3O2/c1-10(2)24-14(23)4-5-22-9-20-15(21-22)12-6-11(3)7-13(8-12)16(17,18)19;1-8-4-9(6-10(5-8)13(14,15)16)12-17-7-19(18-12)3-2-11(20)21/h4-10H,1-3H3;2-7H,1H3,(H,20,21)/b5-4-;3-2-. The number of carboxylic acid groups (broad SMARTS) is 1. The smallest absolute Gasteiger partial charge is 0.416 e. The lowest BCUT2D eigenvalue weighted by Crippen LogP contribution is -2.08. The molecule has 2 aromatic carbocycles. The van der Waals surface area contributed by atoms with Crippen molar-refractivity contribution in [3.63, 3.8) is 0 Å². The third-order valence-electron chi connectivity index (χ3n) is 5.43. The fourth-order valence-corrected chi connectivity index (χ4v) is 3.66. The molecule has 4 rings (SSSR count). The number of rotatable bonds is 7. The van der Waals surface area contributed by atoms with Gasteiger partial charge in [0.2, 0.25) is 0 Å². The third kappa shape index (κ3) is 10.4. The van der Waals surface area contributed by atoms with Gasteiger partial charge >= 0.3 is 24.3 Å². The molecule has 0 saturated carbocycles.